The molecule has 4 aromatic carbocycles. The number of hydrogen-bond acceptors (Lipinski definition) is 0. The number of aryl methyl sites for hydroxylation is 4. The van der Waals surface area contributed by atoms with E-state index in [1.807, 2.05) is 25.1 Å². The van der Waals surface area contributed by atoms with E-state index in [4.69, 9.17) is 0 Å². The van der Waals surface area contributed by atoms with Crippen molar-refractivity contribution in [3.05, 3.63) is 94.8 Å². The molecule has 0 saturated carbocycles. The molecule has 0 unspecified atom stereocenters. The Balaban J connectivity index is 1.57. The van der Waals surface area contributed by atoms with E-state index in [2.05, 4.69) is 55.5 Å². The van der Waals surface area contributed by atoms with Gasteiger partial charge >= 0.3 is 0 Å². The lowest BCUT2D eigenvalue weighted by atomic mass is 9.98. The summed E-state index contributed by atoms with van der Waals surface area (Å²) >= 11 is 0. The van der Waals surface area contributed by atoms with Crippen LogP contribution in [0.25, 0.3) is 21.5 Å². The average Bonchev–Trinajstić information content (AvgIpc) is 2.63. The van der Waals surface area contributed by atoms with Crippen molar-refractivity contribution in [3.63, 3.8) is 0 Å². The molecule has 0 aliphatic rings. The first-order chi connectivity index (χ1) is 12.1. The summed E-state index contributed by atoms with van der Waals surface area (Å²) in [6, 6.07) is 23.2. The Labute approximate surface area is 147 Å². The Kier molecular flexibility index (Phi) is 4.01. The molecular weight excluding hydrogens is 307 g/mol. The third kappa shape index (κ3) is 3.15. The fourth-order valence-corrected chi connectivity index (χ4v) is 3.46. The molecule has 0 aliphatic heterocycles. The molecule has 4 aromatic rings. The van der Waals surface area contributed by atoms with Crippen LogP contribution in [0.4, 0.5) is 4.39 Å². The minimum absolute atomic E-state index is 0.103. The van der Waals surface area contributed by atoms with E-state index in [9.17, 15) is 4.39 Å². The molecule has 0 aromatic heterocycles. The zero-order valence-electron chi connectivity index (χ0n) is 14.6. The number of hydrogen-bond donors (Lipinski definition) is 0. The Bertz CT molecular complexity index is 1080. The minimum Gasteiger partial charge on any atom is -0.206 e. The van der Waals surface area contributed by atoms with Gasteiger partial charge in [-0.15, -0.1) is 0 Å². The number of benzene rings is 4. The van der Waals surface area contributed by atoms with Gasteiger partial charge in [0.25, 0.3) is 0 Å². The monoisotopic (exact) mass is 328 g/mol. The first kappa shape index (κ1) is 15.8. The fourth-order valence-electron chi connectivity index (χ4n) is 3.46. The molecule has 0 atom stereocenters. The van der Waals surface area contributed by atoms with Gasteiger partial charge in [-0.1, -0.05) is 72.3 Å². The van der Waals surface area contributed by atoms with Gasteiger partial charge < -0.3 is 0 Å². The van der Waals surface area contributed by atoms with E-state index < -0.39 is 0 Å². The predicted molar refractivity (Wildman–Crippen MR) is 105 cm³/mol. The molecule has 0 amide bonds. The summed E-state index contributed by atoms with van der Waals surface area (Å²) in [5.74, 6) is -0.103. The molecule has 1 heteroatoms. The Morgan fingerprint density at radius 2 is 1.24 bits per heavy atom. The van der Waals surface area contributed by atoms with Crippen LogP contribution >= 0.6 is 0 Å². The van der Waals surface area contributed by atoms with Crippen molar-refractivity contribution in [3.8, 4) is 0 Å². The summed E-state index contributed by atoms with van der Waals surface area (Å²) in [6.45, 7) is 3.93. The van der Waals surface area contributed by atoms with Gasteiger partial charge in [-0.2, -0.15) is 0 Å². The van der Waals surface area contributed by atoms with Crippen LogP contribution in [0.15, 0.2) is 66.7 Å². The van der Waals surface area contributed by atoms with Gasteiger partial charge in [-0.05, 0) is 59.5 Å². The van der Waals surface area contributed by atoms with Gasteiger partial charge in [0.1, 0.15) is 5.82 Å². The molecule has 0 fully saturated rings. The van der Waals surface area contributed by atoms with Crippen molar-refractivity contribution in [2.75, 3.05) is 0 Å². The lowest BCUT2D eigenvalue weighted by Gasteiger charge is -2.08. The Hall–Kier alpha value is -2.67. The zero-order chi connectivity index (χ0) is 17.4. The summed E-state index contributed by atoms with van der Waals surface area (Å²) < 4.78 is 14.2. The number of rotatable bonds is 3. The molecule has 0 N–H and O–H groups in total. The van der Waals surface area contributed by atoms with E-state index >= 15 is 0 Å². The van der Waals surface area contributed by atoms with Crippen LogP contribution in [-0.4, -0.2) is 0 Å². The molecule has 0 heterocycles. The third-order valence-electron chi connectivity index (χ3n) is 4.97. The van der Waals surface area contributed by atoms with E-state index in [1.54, 1.807) is 0 Å². The normalized spacial score (nSPS) is 11.3. The van der Waals surface area contributed by atoms with Crippen LogP contribution in [-0.2, 0) is 12.8 Å². The smallest absolute Gasteiger partial charge is 0.133 e. The second-order valence-corrected chi connectivity index (χ2v) is 6.94. The molecule has 0 saturated heterocycles. The average molecular weight is 328 g/mol. The summed E-state index contributed by atoms with van der Waals surface area (Å²) in [7, 11) is 0. The standard InChI is InChI=1S/C24H21F/c1-16-3-9-21-14-18(7-11-20(21)13-16)5-6-19-8-12-23-22(15-19)10-4-17(2)24(23)25/h3-4,7-15H,5-6H2,1-2H3. The summed E-state index contributed by atoms with van der Waals surface area (Å²) in [5, 5.41) is 4.28. The highest BCUT2D eigenvalue weighted by molar-refractivity contribution is 5.85. The van der Waals surface area contributed by atoms with Gasteiger partial charge in [0.05, 0.1) is 0 Å². The maximum atomic E-state index is 14.2. The van der Waals surface area contributed by atoms with Crippen molar-refractivity contribution in [2.45, 2.75) is 26.7 Å². The quantitative estimate of drug-likeness (QED) is 0.401. The Morgan fingerprint density at radius 3 is 2.04 bits per heavy atom. The number of halogens is 1. The minimum atomic E-state index is -0.103. The SMILES string of the molecule is Cc1ccc2cc(CCc3ccc4c(F)c(C)ccc4c3)ccc2c1. The molecule has 0 spiro atoms. The summed E-state index contributed by atoms with van der Waals surface area (Å²) in [4.78, 5) is 0. The maximum Gasteiger partial charge on any atom is 0.133 e. The summed E-state index contributed by atoms with van der Waals surface area (Å²) in [5.41, 5.74) is 4.58. The molecular formula is C24H21F. The topological polar surface area (TPSA) is 0 Å². The zero-order valence-corrected chi connectivity index (χ0v) is 14.6. The van der Waals surface area contributed by atoms with Gasteiger partial charge in [0.15, 0.2) is 0 Å². The predicted octanol–water partition coefficient (Wildman–Crippen LogP) is 6.53. The first-order valence-electron chi connectivity index (χ1n) is 8.77. The van der Waals surface area contributed by atoms with Gasteiger partial charge in [-0.3, -0.25) is 0 Å². The molecule has 0 bridgehead atoms. The van der Waals surface area contributed by atoms with E-state index in [-0.39, 0.29) is 5.82 Å². The van der Waals surface area contributed by atoms with E-state index in [0.29, 0.717) is 10.9 Å². The highest BCUT2D eigenvalue weighted by Crippen LogP contribution is 2.23. The van der Waals surface area contributed by atoms with E-state index in [1.165, 1.54) is 27.5 Å². The maximum absolute atomic E-state index is 14.2. The molecule has 0 radical (unpaired) electrons. The van der Waals surface area contributed by atoms with Crippen LogP contribution < -0.4 is 0 Å². The molecule has 124 valence electrons. The Morgan fingerprint density at radius 1 is 0.640 bits per heavy atom. The van der Waals surface area contributed by atoms with Crippen molar-refractivity contribution < 1.29 is 4.39 Å². The van der Waals surface area contributed by atoms with Gasteiger partial charge in [-0.25, -0.2) is 4.39 Å². The summed E-state index contributed by atoms with van der Waals surface area (Å²) in [6.07, 6.45) is 1.95. The van der Waals surface area contributed by atoms with Crippen LogP contribution in [0, 0.1) is 19.7 Å². The van der Waals surface area contributed by atoms with Gasteiger partial charge in [0, 0.05) is 5.39 Å². The molecule has 4 rings (SSSR count). The van der Waals surface area contributed by atoms with E-state index in [0.717, 1.165) is 18.2 Å². The lowest BCUT2D eigenvalue weighted by molar-refractivity contribution is 0.630. The fraction of sp³-hybridized carbons (Fsp3) is 0.167. The second-order valence-electron chi connectivity index (χ2n) is 6.94. The van der Waals surface area contributed by atoms with Gasteiger partial charge in [0.2, 0.25) is 0 Å². The molecule has 0 aliphatic carbocycles. The first-order valence-corrected chi connectivity index (χ1v) is 8.77. The van der Waals surface area contributed by atoms with Crippen molar-refractivity contribution in [2.24, 2.45) is 0 Å². The van der Waals surface area contributed by atoms with Crippen molar-refractivity contribution in [1.29, 1.82) is 0 Å². The van der Waals surface area contributed by atoms with Crippen LogP contribution in [0.5, 0.6) is 0 Å². The second kappa shape index (κ2) is 6.33. The van der Waals surface area contributed by atoms with Crippen molar-refractivity contribution in [1.82, 2.24) is 0 Å². The third-order valence-corrected chi connectivity index (χ3v) is 4.97. The largest absolute Gasteiger partial charge is 0.206 e. The highest BCUT2D eigenvalue weighted by Gasteiger charge is 2.05. The molecule has 0 nitrogen and oxygen atoms in total. The number of fused-ring (bicyclic) bond motifs is 2. The lowest BCUT2D eigenvalue weighted by Crippen LogP contribution is -1.93. The van der Waals surface area contributed by atoms with Crippen molar-refractivity contribution >= 4 is 21.5 Å². The van der Waals surface area contributed by atoms with Crippen LogP contribution in [0.3, 0.4) is 0 Å². The van der Waals surface area contributed by atoms with Crippen LogP contribution in [0.2, 0.25) is 0 Å². The molecule has 25 heavy (non-hydrogen) atoms. The van der Waals surface area contributed by atoms with Crippen LogP contribution in [0.1, 0.15) is 22.3 Å². The highest BCUT2D eigenvalue weighted by atomic mass is 19.1.